The number of carbonyl (C=O) groups excluding carboxylic acids is 2. The van der Waals surface area contributed by atoms with Crippen LogP contribution in [-0.4, -0.2) is 68.4 Å². The van der Waals surface area contributed by atoms with Crippen molar-refractivity contribution in [2.45, 2.75) is 0 Å². The number of benzene rings is 3. The molecule has 1 saturated heterocycles. The molecule has 2 heterocycles. The Balaban J connectivity index is 1.44. The van der Waals surface area contributed by atoms with Crippen molar-refractivity contribution in [3.63, 3.8) is 0 Å². The molecule has 7 nitrogen and oxygen atoms in total. The van der Waals surface area contributed by atoms with Gasteiger partial charge in [0.15, 0.2) is 17.5 Å². The van der Waals surface area contributed by atoms with Gasteiger partial charge >= 0.3 is 0 Å². The maximum Gasteiger partial charge on any atom is 0.258 e. The van der Waals surface area contributed by atoms with Gasteiger partial charge in [-0.15, -0.1) is 0 Å². The second-order valence-corrected chi connectivity index (χ2v) is 9.85. The number of likely N-dealkylation sites (N-methyl/N-ethyl adjacent to an activating group) is 2. The van der Waals surface area contributed by atoms with Gasteiger partial charge in [-0.2, -0.15) is 0 Å². The van der Waals surface area contributed by atoms with Gasteiger partial charge in [-0.1, -0.05) is 0 Å². The van der Waals surface area contributed by atoms with E-state index in [2.05, 4.69) is 20.4 Å². The van der Waals surface area contributed by atoms with E-state index in [1.807, 2.05) is 7.05 Å². The fourth-order valence-corrected chi connectivity index (χ4v) is 4.73. The summed E-state index contributed by atoms with van der Waals surface area (Å²) >= 11 is 0. The van der Waals surface area contributed by atoms with E-state index in [4.69, 9.17) is 0 Å². The number of anilines is 3. The first kappa shape index (κ1) is 27.4. The van der Waals surface area contributed by atoms with Gasteiger partial charge < -0.3 is 20.4 Å². The highest BCUT2D eigenvalue weighted by Gasteiger charge is 2.30. The Labute approximate surface area is 228 Å². The molecule has 1 fully saturated rings. The van der Waals surface area contributed by atoms with Crippen molar-refractivity contribution in [2.75, 3.05) is 62.4 Å². The molecule has 11 heteroatoms. The van der Waals surface area contributed by atoms with E-state index in [9.17, 15) is 27.2 Å². The van der Waals surface area contributed by atoms with Crippen LogP contribution in [0.4, 0.5) is 34.6 Å². The molecule has 2 amide bonds. The topological polar surface area (TPSA) is 67.9 Å². The average molecular weight is 554 g/mol. The molecule has 2 N–H and O–H groups in total. The molecule has 0 aliphatic carbocycles. The summed E-state index contributed by atoms with van der Waals surface area (Å²) in [6, 6.07) is 11.9. The third-order valence-corrected chi connectivity index (χ3v) is 7.10. The van der Waals surface area contributed by atoms with Gasteiger partial charge in [-0.3, -0.25) is 14.5 Å². The molecule has 0 atom stereocenters. The van der Waals surface area contributed by atoms with Gasteiger partial charge in [0.2, 0.25) is 5.91 Å². The Bertz CT molecular complexity index is 1480. The summed E-state index contributed by atoms with van der Waals surface area (Å²) in [4.78, 5) is 31.7. The molecule has 3 aromatic rings. The van der Waals surface area contributed by atoms with Crippen LogP contribution in [0.5, 0.6) is 0 Å². The molecule has 0 bridgehead atoms. The number of hydrogen-bond donors (Lipinski definition) is 2. The van der Waals surface area contributed by atoms with E-state index in [1.54, 1.807) is 36.2 Å². The van der Waals surface area contributed by atoms with Crippen LogP contribution in [0.1, 0.15) is 11.1 Å². The summed E-state index contributed by atoms with van der Waals surface area (Å²) in [5.74, 6) is -5.77. The lowest BCUT2D eigenvalue weighted by atomic mass is 9.99. The number of fused-ring (bicyclic) bond motifs is 1. The maximum absolute atomic E-state index is 14.2. The first-order valence-electron chi connectivity index (χ1n) is 12.7. The Morgan fingerprint density at radius 1 is 0.950 bits per heavy atom. The van der Waals surface area contributed by atoms with E-state index in [0.29, 0.717) is 16.9 Å². The van der Waals surface area contributed by atoms with E-state index >= 15 is 0 Å². The lowest BCUT2D eigenvalue weighted by Gasteiger charge is -2.32. The summed E-state index contributed by atoms with van der Waals surface area (Å²) in [5, 5.41) is 5.56. The molecule has 0 spiro atoms. The maximum atomic E-state index is 14.2. The molecule has 0 unspecified atom stereocenters. The quantitative estimate of drug-likeness (QED) is 0.270. The highest BCUT2D eigenvalue weighted by molar-refractivity contribution is 6.37. The molecular weight excluding hydrogens is 526 g/mol. The van der Waals surface area contributed by atoms with Gasteiger partial charge in [0.1, 0.15) is 5.82 Å². The zero-order chi connectivity index (χ0) is 28.6. The zero-order valence-electron chi connectivity index (χ0n) is 21.9. The summed E-state index contributed by atoms with van der Waals surface area (Å²) < 4.78 is 56.0. The minimum absolute atomic E-state index is 0.00366. The number of nitrogens with zero attached hydrogens (tertiary/aromatic N) is 3. The fraction of sp³-hybridized carbons (Fsp3) is 0.241. The lowest BCUT2D eigenvalue weighted by Crippen LogP contribution is -2.48. The van der Waals surface area contributed by atoms with Crippen LogP contribution in [0, 0.1) is 23.3 Å². The van der Waals surface area contributed by atoms with Gasteiger partial charge in [0, 0.05) is 55.7 Å². The van der Waals surface area contributed by atoms with Gasteiger partial charge in [0.25, 0.3) is 5.91 Å². The Hall–Kier alpha value is -4.22. The van der Waals surface area contributed by atoms with Crippen molar-refractivity contribution < 1.29 is 27.2 Å². The summed E-state index contributed by atoms with van der Waals surface area (Å²) in [6.07, 6.45) is 0. The number of carbonyl (C=O) groups is 2. The van der Waals surface area contributed by atoms with E-state index in [1.165, 1.54) is 6.07 Å². The van der Waals surface area contributed by atoms with Crippen LogP contribution in [0.15, 0.2) is 54.6 Å². The number of rotatable bonds is 6. The Kier molecular flexibility index (Phi) is 7.59. The molecule has 208 valence electrons. The van der Waals surface area contributed by atoms with Gasteiger partial charge in [-0.25, -0.2) is 17.6 Å². The monoisotopic (exact) mass is 553 g/mol. The van der Waals surface area contributed by atoms with Crippen molar-refractivity contribution in [3.05, 3.63) is 89.0 Å². The second-order valence-electron chi connectivity index (χ2n) is 9.85. The lowest BCUT2D eigenvalue weighted by molar-refractivity contribution is -0.119. The van der Waals surface area contributed by atoms with Crippen LogP contribution in [0.2, 0.25) is 0 Å². The van der Waals surface area contributed by atoms with E-state index in [0.717, 1.165) is 50.4 Å². The van der Waals surface area contributed by atoms with Crippen LogP contribution in [-0.2, 0) is 9.59 Å². The predicted molar refractivity (Wildman–Crippen MR) is 146 cm³/mol. The van der Waals surface area contributed by atoms with Crippen molar-refractivity contribution in [3.8, 4) is 0 Å². The molecule has 3 aromatic carbocycles. The molecule has 2 aliphatic heterocycles. The van der Waals surface area contributed by atoms with Crippen LogP contribution in [0.3, 0.4) is 0 Å². The first-order valence-corrected chi connectivity index (χ1v) is 12.7. The zero-order valence-corrected chi connectivity index (χ0v) is 21.9. The molecule has 5 rings (SSSR count). The van der Waals surface area contributed by atoms with Gasteiger partial charge in [-0.05, 0) is 61.6 Å². The molecular formula is C29H27F4N5O2. The molecule has 0 aromatic heterocycles. The Morgan fingerprint density at radius 3 is 2.25 bits per heavy atom. The standard InChI is InChI=1S/C29H27F4N5O2/c1-36-9-11-38(12-10-36)16-25(39)37(2)20-6-4-19(5-7-20)34-28(17-13-22(31)27(33)23(32)14-17)26-21-8-3-18(30)15-24(21)35-29(26)40/h3-8,13-15,34H,9-12,16H2,1-2H3,(H,35,40). The Morgan fingerprint density at radius 2 is 1.60 bits per heavy atom. The highest BCUT2D eigenvalue weighted by atomic mass is 19.2. The minimum atomic E-state index is -1.64. The first-order chi connectivity index (χ1) is 19.1. The number of amides is 2. The smallest absolute Gasteiger partial charge is 0.258 e. The van der Waals surface area contributed by atoms with E-state index < -0.39 is 29.2 Å². The summed E-state index contributed by atoms with van der Waals surface area (Å²) in [5.41, 5.74) is 1.43. The summed E-state index contributed by atoms with van der Waals surface area (Å²) in [6.45, 7) is 3.70. The minimum Gasteiger partial charge on any atom is -0.354 e. The van der Waals surface area contributed by atoms with Crippen LogP contribution >= 0.6 is 0 Å². The fourth-order valence-electron chi connectivity index (χ4n) is 4.73. The molecule has 0 radical (unpaired) electrons. The van der Waals surface area contributed by atoms with Gasteiger partial charge in [0.05, 0.1) is 23.5 Å². The SMILES string of the molecule is CN1CCN(CC(=O)N(C)c2ccc(NC(=C3C(=O)Nc4cc(F)ccc43)c3cc(F)c(F)c(F)c3)cc2)CC1. The average Bonchev–Trinajstić information content (AvgIpc) is 3.25. The number of hydrogen-bond acceptors (Lipinski definition) is 5. The second kappa shape index (κ2) is 11.1. The molecule has 0 saturated carbocycles. The van der Waals surface area contributed by atoms with Crippen molar-refractivity contribution in [2.24, 2.45) is 0 Å². The molecule has 40 heavy (non-hydrogen) atoms. The number of halogens is 4. The third-order valence-electron chi connectivity index (χ3n) is 7.10. The number of nitrogens with one attached hydrogen (secondary N) is 2. The third kappa shape index (κ3) is 5.56. The number of piperazine rings is 1. The largest absolute Gasteiger partial charge is 0.354 e. The highest BCUT2D eigenvalue weighted by Crippen LogP contribution is 2.38. The molecule has 2 aliphatic rings. The predicted octanol–water partition coefficient (Wildman–Crippen LogP) is 4.39. The summed E-state index contributed by atoms with van der Waals surface area (Å²) in [7, 11) is 3.72. The van der Waals surface area contributed by atoms with Crippen LogP contribution in [0.25, 0.3) is 11.3 Å². The van der Waals surface area contributed by atoms with Crippen molar-refractivity contribution >= 4 is 40.1 Å². The van der Waals surface area contributed by atoms with Crippen molar-refractivity contribution in [1.29, 1.82) is 0 Å². The normalized spacial score (nSPS) is 16.9. The van der Waals surface area contributed by atoms with E-state index in [-0.39, 0.29) is 35.0 Å². The van der Waals surface area contributed by atoms with Crippen LogP contribution < -0.4 is 15.5 Å². The van der Waals surface area contributed by atoms with Crippen molar-refractivity contribution in [1.82, 2.24) is 9.80 Å².